The van der Waals surface area contributed by atoms with Crippen molar-refractivity contribution in [2.24, 2.45) is 0 Å². The number of aromatic nitrogens is 4. The number of nitrogens with zero attached hydrogens (tertiary/aromatic N) is 4. The standard InChI is InChI=1S/C17H18FN5/c1-3-10-23-11-14(12-4-6-13(18)7-5-12)21-17(23)16-20-9-8-15(19-2)22-16/h4-9,11H,3,10H2,1-2H3,(H,19,20,22). The van der Waals surface area contributed by atoms with Gasteiger partial charge in [0.05, 0.1) is 5.69 Å². The summed E-state index contributed by atoms with van der Waals surface area (Å²) in [5.41, 5.74) is 1.65. The Balaban J connectivity index is 2.06. The molecule has 118 valence electrons. The number of anilines is 1. The van der Waals surface area contributed by atoms with E-state index in [1.54, 1.807) is 24.4 Å². The van der Waals surface area contributed by atoms with E-state index in [1.165, 1.54) is 12.1 Å². The minimum atomic E-state index is -0.257. The number of benzene rings is 1. The van der Waals surface area contributed by atoms with Crippen molar-refractivity contribution in [3.63, 3.8) is 0 Å². The summed E-state index contributed by atoms with van der Waals surface area (Å²) in [6.45, 7) is 2.92. The van der Waals surface area contributed by atoms with Crippen LogP contribution in [0.1, 0.15) is 13.3 Å². The molecule has 0 radical (unpaired) electrons. The largest absolute Gasteiger partial charge is 0.373 e. The normalized spacial score (nSPS) is 10.7. The Hall–Kier alpha value is -2.76. The Morgan fingerprint density at radius 3 is 2.61 bits per heavy atom. The molecule has 0 saturated carbocycles. The van der Waals surface area contributed by atoms with Gasteiger partial charge < -0.3 is 9.88 Å². The highest BCUT2D eigenvalue weighted by atomic mass is 19.1. The molecule has 0 fully saturated rings. The lowest BCUT2D eigenvalue weighted by atomic mass is 10.2. The quantitative estimate of drug-likeness (QED) is 0.782. The zero-order valence-corrected chi connectivity index (χ0v) is 13.1. The Kier molecular flexibility index (Phi) is 4.32. The van der Waals surface area contributed by atoms with Crippen molar-refractivity contribution in [2.75, 3.05) is 12.4 Å². The summed E-state index contributed by atoms with van der Waals surface area (Å²) in [5.74, 6) is 1.76. The van der Waals surface area contributed by atoms with Crippen molar-refractivity contribution < 1.29 is 4.39 Å². The van der Waals surface area contributed by atoms with Crippen molar-refractivity contribution in [2.45, 2.75) is 19.9 Å². The zero-order valence-electron chi connectivity index (χ0n) is 13.1. The fourth-order valence-corrected chi connectivity index (χ4v) is 2.37. The second-order valence-electron chi connectivity index (χ2n) is 5.17. The van der Waals surface area contributed by atoms with Crippen LogP contribution in [-0.4, -0.2) is 26.6 Å². The molecule has 6 heteroatoms. The molecule has 0 aliphatic carbocycles. The Labute approximate surface area is 134 Å². The van der Waals surface area contributed by atoms with Crippen molar-refractivity contribution in [1.82, 2.24) is 19.5 Å². The summed E-state index contributed by atoms with van der Waals surface area (Å²) in [7, 11) is 1.81. The van der Waals surface area contributed by atoms with E-state index in [0.29, 0.717) is 11.6 Å². The van der Waals surface area contributed by atoms with Crippen molar-refractivity contribution >= 4 is 5.82 Å². The van der Waals surface area contributed by atoms with Crippen LogP contribution in [0.2, 0.25) is 0 Å². The summed E-state index contributed by atoms with van der Waals surface area (Å²) in [4.78, 5) is 13.4. The molecule has 0 aliphatic heterocycles. The molecule has 1 N–H and O–H groups in total. The van der Waals surface area contributed by atoms with Crippen LogP contribution in [0.15, 0.2) is 42.7 Å². The molecule has 0 saturated heterocycles. The molecule has 3 aromatic rings. The van der Waals surface area contributed by atoms with E-state index in [9.17, 15) is 4.39 Å². The fourth-order valence-electron chi connectivity index (χ4n) is 2.37. The van der Waals surface area contributed by atoms with Gasteiger partial charge in [0.15, 0.2) is 11.6 Å². The van der Waals surface area contributed by atoms with E-state index in [0.717, 1.165) is 30.0 Å². The maximum Gasteiger partial charge on any atom is 0.197 e. The molecule has 0 aliphatic rings. The molecule has 5 nitrogen and oxygen atoms in total. The first-order valence-electron chi connectivity index (χ1n) is 7.55. The molecule has 0 unspecified atom stereocenters. The van der Waals surface area contributed by atoms with Crippen molar-refractivity contribution in [3.05, 3.63) is 48.5 Å². The lowest BCUT2D eigenvalue weighted by Crippen LogP contribution is -2.02. The minimum Gasteiger partial charge on any atom is -0.373 e. The topological polar surface area (TPSA) is 55.6 Å². The molecule has 1 aromatic carbocycles. The first-order chi connectivity index (χ1) is 11.2. The number of hydrogen-bond donors (Lipinski definition) is 1. The fraction of sp³-hybridized carbons (Fsp3) is 0.235. The summed E-state index contributed by atoms with van der Waals surface area (Å²) < 4.78 is 15.1. The number of halogens is 1. The van der Waals surface area contributed by atoms with E-state index < -0.39 is 0 Å². The molecule has 2 aromatic heterocycles. The van der Waals surface area contributed by atoms with Gasteiger partial charge in [-0.05, 0) is 36.8 Å². The Morgan fingerprint density at radius 2 is 1.91 bits per heavy atom. The average molecular weight is 311 g/mol. The minimum absolute atomic E-state index is 0.257. The van der Waals surface area contributed by atoms with Crippen LogP contribution in [0.3, 0.4) is 0 Å². The van der Waals surface area contributed by atoms with Gasteiger partial charge in [-0.3, -0.25) is 0 Å². The van der Waals surface area contributed by atoms with Crippen LogP contribution in [-0.2, 0) is 6.54 Å². The van der Waals surface area contributed by atoms with Crippen LogP contribution in [0.25, 0.3) is 22.9 Å². The molecule has 0 bridgehead atoms. The van der Waals surface area contributed by atoms with Gasteiger partial charge in [0.2, 0.25) is 0 Å². The summed E-state index contributed by atoms with van der Waals surface area (Å²) in [6.07, 6.45) is 4.64. The lowest BCUT2D eigenvalue weighted by Gasteiger charge is -2.05. The number of rotatable bonds is 5. The van der Waals surface area contributed by atoms with E-state index in [-0.39, 0.29) is 5.82 Å². The van der Waals surface area contributed by atoms with E-state index in [4.69, 9.17) is 0 Å². The third kappa shape index (κ3) is 3.21. The average Bonchev–Trinajstić information content (AvgIpc) is 3.00. The second-order valence-corrected chi connectivity index (χ2v) is 5.17. The van der Waals surface area contributed by atoms with E-state index in [1.807, 2.05) is 17.8 Å². The maximum absolute atomic E-state index is 13.1. The SMILES string of the molecule is CCCn1cc(-c2ccc(F)cc2)nc1-c1nccc(NC)n1. The van der Waals surface area contributed by atoms with Crippen molar-refractivity contribution in [3.8, 4) is 22.9 Å². The molecule has 0 spiro atoms. The van der Waals surface area contributed by atoms with Gasteiger partial charge >= 0.3 is 0 Å². The van der Waals surface area contributed by atoms with Crippen LogP contribution >= 0.6 is 0 Å². The molecular weight excluding hydrogens is 293 g/mol. The smallest absolute Gasteiger partial charge is 0.197 e. The van der Waals surface area contributed by atoms with Gasteiger partial charge in [0.25, 0.3) is 0 Å². The Morgan fingerprint density at radius 1 is 1.13 bits per heavy atom. The number of imidazole rings is 1. The number of aryl methyl sites for hydroxylation is 1. The highest BCUT2D eigenvalue weighted by Gasteiger charge is 2.14. The highest BCUT2D eigenvalue weighted by Crippen LogP contribution is 2.24. The van der Waals surface area contributed by atoms with E-state index >= 15 is 0 Å². The number of nitrogens with one attached hydrogen (secondary N) is 1. The first-order valence-corrected chi connectivity index (χ1v) is 7.55. The van der Waals surface area contributed by atoms with Gasteiger partial charge in [-0.1, -0.05) is 6.92 Å². The molecule has 3 rings (SSSR count). The summed E-state index contributed by atoms with van der Waals surface area (Å²) in [6, 6.07) is 8.13. The van der Waals surface area contributed by atoms with Gasteiger partial charge in [-0.25, -0.2) is 19.3 Å². The second kappa shape index (κ2) is 6.56. The molecule has 0 atom stereocenters. The first kappa shape index (κ1) is 15.1. The Bertz CT molecular complexity index is 795. The zero-order chi connectivity index (χ0) is 16.2. The molecule has 23 heavy (non-hydrogen) atoms. The van der Waals surface area contributed by atoms with Gasteiger partial charge in [-0.15, -0.1) is 0 Å². The predicted molar refractivity (Wildman–Crippen MR) is 88.5 cm³/mol. The van der Waals surface area contributed by atoms with Crippen LogP contribution < -0.4 is 5.32 Å². The monoisotopic (exact) mass is 311 g/mol. The van der Waals surface area contributed by atoms with Gasteiger partial charge in [-0.2, -0.15) is 0 Å². The van der Waals surface area contributed by atoms with Crippen molar-refractivity contribution in [1.29, 1.82) is 0 Å². The van der Waals surface area contributed by atoms with Crippen LogP contribution in [0.5, 0.6) is 0 Å². The molecule has 0 amide bonds. The van der Waals surface area contributed by atoms with Crippen LogP contribution in [0, 0.1) is 5.82 Å². The molecule has 2 heterocycles. The third-order valence-corrected chi connectivity index (χ3v) is 3.49. The summed E-state index contributed by atoms with van der Waals surface area (Å²) >= 11 is 0. The highest BCUT2D eigenvalue weighted by molar-refractivity contribution is 5.62. The molecular formula is C17H18FN5. The van der Waals surface area contributed by atoms with Gasteiger partial charge in [0, 0.05) is 31.5 Å². The van der Waals surface area contributed by atoms with E-state index in [2.05, 4.69) is 27.2 Å². The van der Waals surface area contributed by atoms with Gasteiger partial charge in [0.1, 0.15) is 11.6 Å². The predicted octanol–water partition coefficient (Wildman–Crippen LogP) is 3.60. The summed E-state index contributed by atoms with van der Waals surface area (Å²) in [5, 5.41) is 3.00. The lowest BCUT2D eigenvalue weighted by molar-refractivity contribution is 0.628. The maximum atomic E-state index is 13.1. The third-order valence-electron chi connectivity index (χ3n) is 3.49. The van der Waals surface area contributed by atoms with Crippen LogP contribution in [0.4, 0.5) is 10.2 Å². The number of hydrogen-bond acceptors (Lipinski definition) is 4.